The smallest absolute Gasteiger partial charge is 0.231 e. The number of benzene rings is 1. The summed E-state index contributed by atoms with van der Waals surface area (Å²) in [7, 11) is 0. The Bertz CT molecular complexity index is 620. The lowest BCUT2D eigenvalue weighted by Crippen LogP contribution is -2.43. The molecule has 142 valence electrons. The van der Waals surface area contributed by atoms with Gasteiger partial charge in [0.05, 0.1) is 6.54 Å². The minimum Gasteiger partial charge on any atom is -0.369 e. The third kappa shape index (κ3) is 5.54. The Hall–Kier alpha value is -1.92. The SMILES string of the molecule is NC(=O)CN1CCC(C(=O)NCc2cccc(CN3CCCC3)c2)CC1. The number of nitrogens with zero attached hydrogens (tertiary/aromatic N) is 2. The molecule has 0 spiro atoms. The van der Waals surface area contributed by atoms with Crippen LogP contribution in [0.5, 0.6) is 0 Å². The molecular weight excluding hydrogens is 328 g/mol. The van der Waals surface area contributed by atoms with E-state index < -0.39 is 0 Å². The fourth-order valence-electron chi connectivity index (χ4n) is 3.94. The molecule has 1 aromatic rings. The molecule has 0 aromatic heterocycles. The van der Waals surface area contributed by atoms with E-state index in [9.17, 15) is 9.59 Å². The number of nitrogens with one attached hydrogen (secondary N) is 1. The van der Waals surface area contributed by atoms with Crippen molar-refractivity contribution in [3.8, 4) is 0 Å². The molecule has 26 heavy (non-hydrogen) atoms. The highest BCUT2D eigenvalue weighted by Crippen LogP contribution is 2.18. The van der Waals surface area contributed by atoms with Crippen LogP contribution in [0.2, 0.25) is 0 Å². The molecule has 1 aromatic carbocycles. The molecule has 2 fully saturated rings. The van der Waals surface area contributed by atoms with Crippen LogP contribution < -0.4 is 11.1 Å². The quantitative estimate of drug-likeness (QED) is 0.765. The van der Waals surface area contributed by atoms with Crippen molar-refractivity contribution in [2.75, 3.05) is 32.7 Å². The van der Waals surface area contributed by atoms with Gasteiger partial charge in [0.15, 0.2) is 0 Å². The summed E-state index contributed by atoms with van der Waals surface area (Å²) in [5.74, 6) is -0.151. The maximum absolute atomic E-state index is 12.4. The van der Waals surface area contributed by atoms with E-state index >= 15 is 0 Å². The molecule has 2 heterocycles. The first-order valence-electron chi connectivity index (χ1n) is 9.69. The Labute approximate surface area is 155 Å². The number of amides is 2. The van der Waals surface area contributed by atoms with Crippen LogP contribution in [0.3, 0.4) is 0 Å². The van der Waals surface area contributed by atoms with Gasteiger partial charge in [-0.05, 0) is 63.0 Å². The zero-order valence-corrected chi connectivity index (χ0v) is 15.5. The van der Waals surface area contributed by atoms with E-state index in [1.54, 1.807) is 0 Å². The van der Waals surface area contributed by atoms with Crippen LogP contribution in [0.15, 0.2) is 24.3 Å². The van der Waals surface area contributed by atoms with E-state index in [1.807, 2.05) is 4.90 Å². The van der Waals surface area contributed by atoms with Crippen LogP contribution in [0.1, 0.15) is 36.8 Å². The van der Waals surface area contributed by atoms with E-state index in [-0.39, 0.29) is 24.3 Å². The molecule has 0 aliphatic carbocycles. The molecule has 3 rings (SSSR count). The lowest BCUT2D eigenvalue weighted by atomic mass is 9.96. The topological polar surface area (TPSA) is 78.7 Å². The average Bonchev–Trinajstić information content (AvgIpc) is 3.13. The van der Waals surface area contributed by atoms with E-state index in [2.05, 4.69) is 34.5 Å². The summed E-state index contributed by atoms with van der Waals surface area (Å²) in [4.78, 5) is 27.9. The third-order valence-corrected chi connectivity index (χ3v) is 5.40. The maximum atomic E-state index is 12.4. The normalized spacial score (nSPS) is 19.5. The van der Waals surface area contributed by atoms with E-state index in [4.69, 9.17) is 5.73 Å². The Morgan fingerprint density at radius 1 is 1.04 bits per heavy atom. The van der Waals surface area contributed by atoms with Crippen LogP contribution in [-0.2, 0) is 22.7 Å². The largest absolute Gasteiger partial charge is 0.369 e. The van der Waals surface area contributed by atoms with Crippen molar-refractivity contribution >= 4 is 11.8 Å². The second-order valence-electron chi connectivity index (χ2n) is 7.54. The van der Waals surface area contributed by atoms with Gasteiger partial charge in [-0.2, -0.15) is 0 Å². The lowest BCUT2D eigenvalue weighted by molar-refractivity contribution is -0.126. The summed E-state index contributed by atoms with van der Waals surface area (Å²) >= 11 is 0. The summed E-state index contributed by atoms with van der Waals surface area (Å²) < 4.78 is 0. The first-order chi connectivity index (χ1) is 12.6. The molecule has 2 saturated heterocycles. The molecule has 2 aliphatic heterocycles. The summed E-state index contributed by atoms with van der Waals surface area (Å²) in [6.07, 6.45) is 4.17. The van der Waals surface area contributed by atoms with Gasteiger partial charge in [0.25, 0.3) is 0 Å². The van der Waals surface area contributed by atoms with Gasteiger partial charge >= 0.3 is 0 Å². The summed E-state index contributed by atoms with van der Waals surface area (Å²) in [5, 5.41) is 3.08. The standard InChI is InChI=1S/C20H30N4O2/c21-19(25)15-24-10-6-18(7-11-24)20(26)22-13-16-4-3-5-17(12-16)14-23-8-1-2-9-23/h3-5,12,18H,1-2,6-11,13-15H2,(H2,21,25)(H,22,26). The molecule has 0 bridgehead atoms. The molecular formula is C20H30N4O2. The van der Waals surface area contributed by atoms with Crippen molar-refractivity contribution in [3.05, 3.63) is 35.4 Å². The van der Waals surface area contributed by atoms with Crippen LogP contribution in [-0.4, -0.2) is 54.3 Å². The number of piperidine rings is 1. The number of nitrogens with two attached hydrogens (primary N) is 1. The third-order valence-electron chi connectivity index (χ3n) is 5.40. The molecule has 2 aliphatic rings. The van der Waals surface area contributed by atoms with Crippen molar-refractivity contribution in [2.45, 2.75) is 38.8 Å². The number of primary amides is 1. The monoisotopic (exact) mass is 358 g/mol. The molecule has 0 radical (unpaired) electrons. The first-order valence-corrected chi connectivity index (χ1v) is 9.69. The van der Waals surface area contributed by atoms with Crippen molar-refractivity contribution < 1.29 is 9.59 Å². The van der Waals surface area contributed by atoms with E-state index in [0.717, 1.165) is 38.0 Å². The maximum Gasteiger partial charge on any atom is 0.231 e. The highest BCUT2D eigenvalue weighted by Gasteiger charge is 2.25. The summed E-state index contributed by atoms with van der Waals surface area (Å²) in [5.41, 5.74) is 7.70. The van der Waals surface area contributed by atoms with Gasteiger partial charge in [-0.15, -0.1) is 0 Å². The second kappa shape index (κ2) is 9.14. The first kappa shape index (κ1) is 18.9. The molecule has 0 atom stereocenters. The van der Waals surface area contributed by atoms with Gasteiger partial charge in [0, 0.05) is 19.0 Å². The second-order valence-corrected chi connectivity index (χ2v) is 7.54. The van der Waals surface area contributed by atoms with Crippen LogP contribution in [0.4, 0.5) is 0 Å². The van der Waals surface area contributed by atoms with Gasteiger partial charge in [-0.3, -0.25) is 19.4 Å². The summed E-state index contributed by atoms with van der Waals surface area (Å²) in [6.45, 7) is 5.76. The van der Waals surface area contributed by atoms with Crippen molar-refractivity contribution in [1.29, 1.82) is 0 Å². The Morgan fingerprint density at radius 2 is 1.73 bits per heavy atom. The Kier molecular flexibility index (Phi) is 6.63. The molecule has 0 unspecified atom stereocenters. The number of carbonyl (C=O) groups excluding carboxylic acids is 2. The van der Waals surface area contributed by atoms with E-state index in [0.29, 0.717) is 6.54 Å². The van der Waals surface area contributed by atoms with Gasteiger partial charge < -0.3 is 11.1 Å². The zero-order chi connectivity index (χ0) is 18.4. The van der Waals surface area contributed by atoms with Crippen LogP contribution in [0.25, 0.3) is 0 Å². The number of rotatable bonds is 7. The van der Waals surface area contributed by atoms with Crippen molar-refractivity contribution in [3.63, 3.8) is 0 Å². The van der Waals surface area contributed by atoms with Gasteiger partial charge in [0.2, 0.25) is 11.8 Å². The van der Waals surface area contributed by atoms with Crippen molar-refractivity contribution in [1.82, 2.24) is 15.1 Å². The Morgan fingerprint density at radius 3 is 2.42 bits per heavy atom. The lowest BCUT2D eigenvalue weighted by Gasteiger charge is -2.30. The molecule has 6 nitrogen and oxygen atoms in total. The fourth-order valence-corrected chi connectivity index (χ4v) is 3.94. The van der Waals surface area contributed by atoms with Crippen LogP contribution in [0, 0.1) is 5.92 Å². The van der Waals surface area contributed by atoms with Gasteiger partial charge in [-0.25, -0.2) is 0 Å². The molecule has 3 N–H and O–H groups in total. The number of carbonyl (C=O) groups is 2. The zero-order valence-electron chi connectivity index (χ0n) is 15.5. The highest BCUT2D eigenvalue weighted by atomic mass is 16.2. The van der Waals surface area contributed by atoms with Crippen LogP contribution >= 0.6 is 0 Å². The molecule has 6 heteroatoms. The fraction of sp³-hybridized carbons (Fsp3) is 0.600. The van der Waals surface area contributed by atoms with Gasteiger partial charge in [-0.1, -0.05) is 24.3 Å². The number of hydrogen-bond donors (Lipinski definition) is 2. The van der Waals surface area contributed by atoms with Crippen molar-refractivity contribution in [2.24, 2.45) is 11.7 Å². The summed E-state index contributed by atoms with van der Waals surface area (Å²) in [6, 6.07) is 8.52. The molecule has 0 saturated carbocycles. The molecule has 2 amide bonds. The van der Waals surface area contributed by atoms with Gasteiger partial charge in [0.1, 0.15) is 0 Å². The number of likely N-dealkylation sites (tertiary alicyclic amines) is 2. The average molecular weight is 358 g/mol. The Balaban J connectivity index is 1.43. The predicted molar refractivity (Wildman–Crippen MR) is 101 cm³/mol. The predicted octanol–water partition coefficient (Wildman–Crippen LogP) is 1.10. The minimum absolute atomic E-state index is 0.0342. The van der Waals surface area contributed by atoms with E-state index in [1.165, 1.54) is 31.5 Å². The minimum atomic E-state index is -0.304. The number of hydrogen-bond acceptors (Lipinski definition) is 4. The highest BCUT2D eigenvalue weighted by molar-refractivity contribution is 5.79.